The van der Waals surface area contributed by atoms with Crippen molar-refractivity contribution in [3.05, 3.63) is 0 Å². The fraction of sp³-hybridized carbons (Fsp3) is 0.857. The average Bonchev–Trinajstić information content (AvgIpc) is 2.14. The van der Waals surface area contributed by atoms with Gasteiger partial charge in [-0.3, -0.25) is 9.69 Å². The van der Waals surface area contributed by atoms with Crippen LogP contribution in [0.1, 0.15) is 0 Å². The molecule has 1 fully saturated rings. The van der Waals surface area contributed by atoms with Crippen molar-refractivity contribution in [3.8, 4) is 0 Å². The largest absolute Gasteiger partial charge is 0.379 e. The third kappa shape index (κ3) is 3.44. The van der Waals surface area contributed by atoms with Gasteiger partial charge in [0.1, 0.15) is 6.17 Å². The second-order valence-corrected chi connectivity index (χ2v) is 5.25. The van der Waals surface area contributed by atoms with E-state index in [0.717, 1.165) is 0 Å². The molecule has 1 amide bonds. The summed E-state index contributed by atoms with van der Waals surface area (Å²) in [6.45, 7) is 2.44. The molecule has 4 nitrogen and oxygen atoms in total. The lowest BCUT2D eigenvalue weighted by atomic mass is 10.3. The highest BCUT2D eigenvalue weighted by Crippen LogP contribution is 2.32. The molecule has 0 spiro atoms. The summed E-state index contributed by atoms with van der Waals surface area (Å²) in [5.74, 6) is 0. The van der Waals surface area contributed by atoms with Crippen LogP contribution in [0.15, 0.2) is 0 Å². The molecule has 0 aromatic heterocycles. The Morgan fingerprint density at radius 1 is 1.36 bits per heavy atom. The fourth-order valence-electron chi connectivity index (χ4n) is 1.31. The molecule has 14 heavy (non-hydrogen) atoms. The van der Waals surface area contributed by atoms with E-state index in [1.807, 2.05) is 4.90 Å². The molecule has 0 radical (unpaired) electrons. The van der Waals surface area contributed by atoms with Crippen LogP contribution in [0, 0.1) is 0 Å². The van der Waals surface area contributed by atoms with Gasteiger partial charge in [-0.25, -0.2) is 0 Å². The molecular weight excluding hydrogens is 250 g/mol. The number of morpholine rings is 1. The smallest absolute Gasteiger partial charge is 0.223 e. The number of ether oxygens (including phenoxy) is 1. The minimum Gasteiger partial charge on any atom is -0.379 e. The lowest BCUT2D eigenvalue weighted by Crippen LogP contribution is -2.56. The van der Waals surface area contributed by atoms with Crippen molar-refractivity contribution in [1.82, 2.24) is 10.2 Å². The molecule has 0 aliphatic carbocycles. The highest BCUT2D eigenvalue weighted by Gasteiger charge is 2.37. The topological polar surface area (TPSA) is 41.6 Å². The maximum absolute atomic E-state index is 10.4. The van der Waals surface area contributed by atoms with Gasteiger partial charge in [0.2, 0.25) is 10.2 Å². The van der Waals surface area contributed by atoms with Crippen molar-refractivity contribution in [2.24, 2.45) is 0 Å². The van der Waals surface area contributed by atoms with E-state index in [0.29, 0.717) is 32.7 Å². The van der Waals surface area contributed by atoms with Crippen LogP contribution in [0.2, 0.25) is 0 Å². The molecule has 0 saturated carbocycles. The molecule has 1 unspecified atom stereocenters. The number of nitrogens with zero attached hydrogens (tertiary/aromatic N) is 1. The summed E-state index contributed by atoms with van der Waals surface area (Å²) in [6.07, 6.45) is -0.0731. The van der Waals surface area contributed by atoms with Crippen molar-refractivity contribution < 1.29 is 9.53 Å². The van der Waals surface area contributed by atoms with Crippen molar-refractivity contribution in [1.29, 1.82) is 0 Å². The predicted octanol–water partition coefficient (Wildman–Crippen LogP) is 0.761. The van der Waals surface area contributed by atoms with Crippen LogP contribution in [-0.2, 0) is 9.53 Å². The maximum Gasteiger partial charge on any atom is 0.223 e. The van der Waals surface area contributed by atoms with Gasteiger partial charge in [-0.05, 0) is 0 Å². The number of rotatable bonds is 3. The van der Waals surface area contributed by atoms with Crippen molar-refractivity contribution in [2.75, 3.05) is 26.3 Å². The predicted molar refractivity (Wildman–Crippen MR) is 55.7 cm³/mol. The summed E-state index contributed by atoms with van der Waals surface area (Å²) in [5, 5.41) is 2.49. The first-order chi connectivity index (χ1) is 6.55. The monoisotopic (exact) mass is 260 g/mol. The minimum absolute atomic E-state index is 0.530. The highest BCUT2D eigenvalue weighted by atomic mass is 35.6. The Kier molecular flexibility index (Phi) is 4.73. The number of alkyl halides is 3. The van der Waals surface area contributed by atoms with Crippen LogP contribution in [0.5, 0.6) is 0 Å². The molecule has 1 aliphatic heterocycles. The maximum atomic E-state index is 10.4. The summed E-state index contributed by atoms with van der Waals surface area (Å²) in [5.41, 5.74) is 0. The summed E-state index contributed by atoms with van der Waals surface area (Å²) in [6, 6.07) is 0. The van der Waals surface area contributed by atoms with Crippen LogP contribution in [-0.4, -0.2) is 47.6 Å². The Labute approximate surface area is 97.4 Å². The summed E-state index contributed by atoms with van der Waals surface area (Å²) in [4.78, 5) is 12.2. The lowest BCUT2D eigenvalue weighted by molar-refractivity contribution is -0.112. The third-order valence-corrected chi connectivity index (χ3v) is 2.57. The molecule has 0 aromatic carbocycles. The molecule has 1 atom stereocenters. The molecule has 82 valence electrons. The van der Waals surface area contributed by atoms with Gasteiger partial charge in [0.05, 0.1) is 13.2 Å². The van der Waals surface area contributed by atoms with Gasteiger partial charge >= 0.3 is 0 Å². The Bertz CT molecular complexity index is 192. The van der Waals surface area contributed by atoms with E-state index in [1.54, 1.807) is 0 Å². The van der Waals surface area contributed by atoms with E-state index >= 15 is 0 Å². The SMILES string of the molecule is O=CNC(N1CCOCC1)C(Cl)(Cl)Cl. The van der Waals surface area contributed by atoms with Gasteiger partial charge in [-0.15, -0.1) is 0 Å². The number of amides is 1. The first kappa shape index (κ1) is 12.3. The second-order valence-electron chi connectivity index (χ2n) is 2.88. The van der Waals surface area contributed by atoms with E-state index in [-0.39, 0.29) is 0 Å². The molecule has 1 saturated heterocycles. The third-order valence-electron chi connectivity index (χ3n) is 1.95. The average molecular weight is 262 g/mol. The van der Waals surface area contributed by atoms with Crippen LogP contribution in [0.3, 0.4) is 0 Å². The summed E-state index contributed by atoms with van der Waals surface area (Å²) >= 11 is 17.2. The minimum atomic E-state index is -1.53. The number of halogens is 3. The Morgan fingerprint density at radius 3 is 2.36 bits per heavy atom. The van der Waals surface area contributed by atoms with Gasteiger partial charge in [0.15, 0.2) is 0 Å². The number of nitrogens with one attached hydrogen (secondary N) is 1. The normalized spacial score (nSPS) is 21.6. The Morgan fingerprint density at radius 2 is 1.93 bits per heavy atom. The van der Waals surface area contributed by atoms with Gasteiger partial charge in [-0.1, -0.05) is 34.8 Å². The van der Waals surface area contributed by atoms with Gasteiger partial charge in [-0.2, -0.15) is 0 Å². The van der Waals surface area contributed by atoms with Crippen molar-refractivity contribution in [2.45, 2.75) is 9.96 Å². The van der Waals surface area contributed by atoms with E-state index < -0.39 is 9.96 Å². The van der Waals surface area contributed by atoms with Crippen molar-refractivity contribution in [3.63, 3.8) is 0 Å². The number of hydrogen-bond donors (Lipinski definition) is 1. The molecule has 0 bridgehead atoms. The molecule has 1 rings (SSSR count). The van der Waals surface area contributed by atoms with E-state index in [9.17, 15) is 4.79 Å². The fourth-order valence-corrected chi connectivity index (χ4v) is 1.91. The number of hydrogen-bond acceptors (Lipinski definition) is 3. The molecular formula is C7H11Cl3N2O2. The zero-order valence-corrected chi connectivity index (χ0v) is 9.65. The summed E-state index contributed by atoms with van der Waals surface area (Å²) < 4.78 is 3.62. The molecule has 7 heteroatoms. The second kappa shape index (κ2) is 5.37. The van der Waals surface area contributed by atoms with Crippen LogP contribution < -0.4 is 5.32 Å². The Hall–Kier alpha value is 0.260. The standard InChI is InChI=1S/C7H11Cl3N2O2/c8-7(9,10)6(11-5-13)12-1-3-14-4-2-12/h5-6H,1-4H2,(H,11,13). The summed E-state index contributed by atoms with van der Waals surface area (Å²) in [7, 11) is 0. The molecule has 1 aliphatic rings. The van der Waals surface area contributed by atoms with Crippen LogP contribution >= 0.6 is 34.8 Å². The van der Waals surface area contributed by atoms with E-state index in [2.05, 4.69) is 5.32 Å². The van der Waals surface area contributed by atoms with Gasteiger partial charge < -0.3 is 10.1 Å². The molecule has 1 heterocycles. The first-order valence-electron chi connectivity index (χ1n) is 4.14. The number of carbonyl (C=O) groups excluding carboxylic acids is 1. The zero-order chi connectivity index (χ0) is 10.6. The first-order valence-corrected chi connectivity index (χ1v) is 5.27. The number of carbonyl (C=O) groups is 1. The molecule has 1 N–H and O–H groups in total. The van der Waals surface area contributed by atoms with E-state index in [1.165, 1.54) is 0 Å². The van der Waals surface area contributed by atoms with Gasteiger partial charge in [0, 0.05) is 13.1 Å². The van der Waals surface area contributed by atoms with Crippen LogP contribution in [0.25, 0.3) is 0 Å². The Balaban J connectivity index is 2.60. The lowest BCUT2D eigenvalue weighted by Gasteiger charge is -2.37. The van der Waals surface area contributed by atoms with Crippen molar-refractivity contribution >= 4 is 41.2 Å². The highest BCUT2D eigenvalue weighted by molar-refractivity contribution is 6.68. The van der Waals surface area contributed by atoms with Crippen LogP contribution in [0.4, 0.5) is 0 Å². The zero-order valence-electron chi connectivity index (χ0n) is 7.38. The quantitative estimate of drug-likeness (QED) is 0.602. The van der Waals surface area contributed by atoms with Gasteiger partial charge in [0.25, 0.3) is 0 Å². The molecule has 0 aromatic rings. The van der Waals surface area contributed by atoms with E-state index in [4.69, 9.17) is 39.5 Å².